The number of aromatic amines is 2. The molecule has 13 rings (SSSR count). The summed E-state index contributed by atoms with van der Waals surface area (Å²) in [6.45, 7) is 8.99. The van der Waals surface area contributed by atoms with E-state index in [0.29, 0.717) is 41.7 Å². The first-order valence-corrected chi connectivity index (χ1v) is 39.1. The number of pyridine rings is 2. The summed E-state index contributed by atoms with van der Waals surface area (Å²) in [5.74, 6) is -0.870. The largest absolute Gasteiger partial charge is 0.514 e. The van der Waals surface area contributed by atoms with Crippen molar-refractivity contribution in [2.24, 2.45) is 0 Å². The molecule has 11 aromatic rings. The second-order valence-electron chi connectivity index (χ2n) is 22.4. The molecule has 552 valence electrons. The van der Waals surface area contributed by atoms with Gasteiger partial charge < -0.3 is 83.9 Å². The Morgan fingerprint density at radius 2 is 1.13 bits per heavy atom. The fraction of sp³-hybridized carbons (Fsp3) is 0.173. The molecule has 0 fully saturated rings. The van der Waals surface area contributed by atoms with Crippen molar-refractivity contribution >= 4 is 125 Å². The molecule has 2 amide bonds. The van der Waals surface area contributed by atoms with Crippen molar-refractivity contribution < 1.29 is 103 Å². The van der Waals surface area contributed by atoms with Gasteiger partial charge in [-0.2, -0.15) is 13.8 Å². The van der Waals surface area contributed by atoms with E-state index >= 15 is 0 Å². The molecule has 0 unspecified atom stereocenters. The molecule has 7 aromatic carbocycles. The van der Waals surface area contributed by atoms with Crippen LogP contribution in [0.4, 0.5) is 24.1 Å². The van der Waals surface area contributed by atoms with Crippen LogP contribution in [0.2, 0.25) is 0 Å². The first kappa shape index (κ1) is 87.1. The molecular weight excluding hydrogens is 1650 g/mol. The van der Waals surface area contributed by atoms with Gasteiger partial charge in [0.1, 0.15) is 40.6 Å². The Labute approximate surface area is 664 Å². The molecule has 106 heavy (non-hydrogen) atoms. The number of aromatic nitrogens is 4. The average Bonchev–Trinajstić information content (AvgIpc) is 1.61. The second kappa shape index (κ2) is 43.9. The minimum atomic E-state index is -4.64. The number of benzene rings is 7. The number of H-pyrrole nitrogens is 2. The van der Waals surface area contributed by atoms with Crippen LogP contribution in [0, 0.1) is 33.1 Å². The van der Waals surface area contributed by atoms with E-state index < -0.39 is 36.6 Å². The number of non-ortho nitro benzene ring substituents is 1. The van der Waals surface area contributed by atoms with E-state index in [0.717, 1.165) is 107 Å². The van der Waals surface area contributed by atoms with Crippen molar-refractivity contribution in [2.75, 3.05) is 20.6 Å². The average molecular weight is 1720 g/mol. The van der Waals surface area contributed by atoms with Crippen molar-refractivity contribution in [1.82, 2.24) is 35.5 Å². The van der Waals surface area contributed by atoms with E-state index in [1.807, 2.05) is 128 Å². The zero-order chi connectivity index (χ0) is 74.7. The van der Waals surface area contributed by atoms with Gasteiger partial charge in [0, 0.05) is 143 Å². The minimum absolute atomic E-state index is 0. The molecule has 0 saturated carbocycles. The third-order valence-corrected chi connectivity index (χ3v) is 19.7. The van der Waals surface area contributed by atoms with Crippen molar-refractivity contribution in [1.29, 1.82) is 0 Å². The molecule has 7 N–H and O–H groups in total. The molecule has 0 saturated heterocycles. The van der Waals surface area contributed by atoms with Gasteiger partial charge in [-0.25, -0.2) is 32.9 Å². The van der Waals surface area contributed by atoms with E-state index in [1.165, 1.54) is 54.1 Å². The molecule has 1 aliphatic heterocycles. The van der Waals surface area contributed by atoms with Crippen molar-refractivity contribution in [2.45, 2.75) is 85.7 Å². The summed E-state index contributed by atoms with van der Waals surface area (Å²) < 4.78 is 54.6. The van der Waals surface area contributed by atoms with Crippen LogP contribution in [-0.4, -0.2) is 89.0 Å². The Morgan fingerprint density at radius 1 is 0.670 bits per heavy atom. The van der Waals surface area contributed by atoms with Gasteiger partial charge in [0.2, 0.25) is 0 Å². The molecule has 0 atom stereocenters. The minimum Gasteiger partial charge on any atom is -0.445 e. The predicted molar refractivity (Wildman–Crippen MR) is 413 cm³/mol. The number of ketones is 1. The van der Waals surface area contributed by atoms with Crippen molar-refractivity contribution in [3.63, 3.8) is 0 Å². The summed E-state index contributed by atoms with van der Waals surface area (Å²) in [5, 5.41) is 20.1. The Bertz CT molecular complexity index is 4730. The number of hydrogen-bond donors (Lipinski definition) is 7. The molecule has 2 aliphatic rings. The number of nitro groups is 1. The zero-order valence-corrected chi connectivity index (χ0v) is 66.6. The van der Waals surface area contributed by atoms with Gasteiger partial charge in [-0.3, -0.25) is 24.1 Å². The Morgan fingerprint density at radius 3 is 1.61 bits per heavy atom. The number of aryl methyl sites for hydroxylation is 1. The molecule has 1 aliphatic carbocycles. The number of carbonyl (C=O) groups excluding carboxylic acids is 4. The standard InChI is InChI=1S/C33H28FN3O3S2.C19H18FN3O.C19H14N2O5S2.C2H4I.C2H5.H3O4P.2V/c1-37(33(39)40-20-22-10-14-25(15-11-22)41-42-30-7-2-3-16-35-30)19-21-8-12-23(13-9-21)32-26-5-4-6-29(38)27-17-24(34)18-28(36-32)31(26)27;1-21-10-11-2-4-12(5-3-11)18-14-6-7-22-19(24)15-8-13(20)9-16(23-18)17(14)15;22-19(26-16-8-6-15(7-9-16)21(23)24)25-13-14-4-10-17(11-5-14)27-28-18-3-1-2-12-20-18;1-2-3;1-2;1-5(2,3)4;;/h2-3,7-18,36H,4-6,19-20H2,1H3;2-5,8-9,21,23H,6-7,10H2,1H3,(H,22,24);1-12H,13H2;2H,1H3;1H2,2H3;(H3,1,2,3,4);;/q;;;2*-1;;;. The van der Waals surface area contributed by atoms with Crippen LogP contribution in [0.15, 0.2) is 214 Å². The van der Waals surface area contributed by atoms with Crippen LogP contribution in [0.5, 0.6) is 5.75 Å². The predicted octanol–water partition coefficient (Wildman–Crippen LogP) is 18.4. The van der Waals surface area contributed by atoms with Crippen LogP contribution in [0.3, 0.4) is 0 Å². The molecular formula is C75H72F2IN8O13PS4V2-2. The van der Waals surface area contributed by atoms with Gasteiger partial charge in [-0.05, 0) is 177 Å². The number of ether oxygens (including phenoxy) is 3. The molecule has 31 heteroatoms. The first-order valence-electron chi connectivity index (χ1n) is 32.0. The summed E-state index contributed by atoms with van der Waals surface area (Å²) >= 11 is 2.16. The van der Waals surface area contributed by atoms with Crippen LogP contribution in [-0.2, 0) is 90.3 Å². The molecule has 0 bridgehead atoms. The summed E-state index contributed by atoms with van der Waals surface area (Å²) in [4.78, 5) is 99.7. The number of rotatable bonds is 18. The second-order valence-corrected chi connectivity index (χ2v) is 29.1. The fourth-order valence-electron chi connectivity index (χ4n) is 10.6. The van der Waals surface area contributed by atoms with Gasteiger partial charge in [-0.1, -0.05) is 107 Å². The third-order valence-electron chi connectivity index (χ3n) is 15.1. The van der Waals surface area contributed by atoms with Gasteiger partial charge >= 0.3 is 20.1 Å². The smallest absolute Gasteiger partial charge is 0.445 e. The maximum absolute atomic E-state index is 14.2. The normalized spacial score (nSPS) is 11.7. The third kappa shape index (κ3) is 26.6. The van der Waals surface area contributed by atoms with Gasteiger partial charge in [0.05, 0.1) is 10.5 Å². The summed E-state index contributed by atoms with van der Waals surface area (Å²) in [6.07, 6.45) is 4.87. The van der Waals surface area contributed by atoms with E-state index in [2.05, 4.69) is 84.3 Å². The van der Waals surface area contributed by atoms with Crippen LogP contribution >= 0.6 is 73.6 Å². The van der Waals surface area contributed by atoms with Gasteiger partial charge in [-0.15, -0.1) is 0 Å². The number of nitro benzene ring substituents is 1. The monoisotopic (exact) mass is 1720 g/mol. The number of Topliss-reactive ketones (excluding diaryl/α,β-unsaturated/α-hetero) is 1. The maximum Gasteiger partial charge on any atom is 0.514 e. The van der Waals surface area contributed by atoms with Crippen LogP contribution in [0.25, 0.3) is 44.3 Å². The van der Waals surface area contributed by atoms with Gasteiger partial charge in [0.15, 0.2) is 5.78 Å². The molecule has 0 spiro atoms. The SMILES string of the molecule is CN(Cc1ccc(-c2[nH]c3cc(F)cc4c3c2CCCC4=O)cc1)C(=O)OCc1ccc(SSc2ccccn2)cc1.CNCc1ccc(-c2[nH]c3cc(F)cc4c3c2CCNC4=O)cc1.C[CH-]I.O=C(OCc1ccc(SSc2ccccn2)cc1)Oc1ccc([N+](=O)[O-])cc1.O=P(O)(O)O.[CH2-]C.[V].[V]. The van der Waals surface area contributed by atoms with Crippen LogP contribution < -0.4 is 15.4 Å². The number of nitrogens with one attached hydrogen (secondary N) is 4. The Balaban J connectivity index is 0.000000241. The number of hydrogen-bond acceptors (Lipinski definition) is 17. The Kier molecular flexibility index (Phi) is 36.1. The summed E-state index contributed by atoms with van der Waals surface area (Å²) in [5.41, 5.74) is 12.0. The summed E-state index contributed by atoms with van der Waals surface area (Å²) in [7, 11) is 5.36. The molecule has 2 radical (unpaired) electrons. The first-order chi connectivity index (χ1) is 50.1. The van der Waals surface area contributed by atoms with E-state index in [1.54, 1.807) is 74.4 Å². The van der Waals surface area contributed by atoms with E-state index in [-0.39, 0.29) is 73.5 Å². The number of phosphoric acid groups is 1. The van der Waals surface area contributed by atoms with E-state index in [4.69, 9.17) is 33.5 Å². The van der Waals surface area contributed by atoms with Crippen LogP contribution in [0.1, 0.15) is 80.8 Å². The molecule has 5 heterocycles. The summed E-state index contributed by atoms with van der Waals surface area (Å²) in [6, 6.07) is 54.1. The molecule has 21 nitrogen and oxygen atoms in total. The number of nitrogens with zero attached hydrogens (tertiary/aromatic N) is 4. The quantitative estimate of drug-likeness (QED) is 0.00614. The number of halogens is 3. The topological polar surface area (TPSA) is 302 Å². The molecule has 4 aromatic heterocycles. The zero-order valence-electron chi connectivity index (χ0n) is 57.4. The van der Waals surface area contributed by atoms with E-state index in [9.17, 15) is 38.1 Å². The van der Waals surface area contributed by atoms with Crippen molar-refractivity contribution in [3.8, 4) is 28.3 Å². The fourth-order valence-corrected chi connectivity index (χ4v) is 14.3. The maximum atomic E-state index is 14.2. The number of carbonyl (C=O) groups is 4. The van der Waals surface area contributed by atoms with Crippen molar-refractivity contribution in [3.05, 3.63) is 272 Å². The number of amides is 2. The van der Waals surface area contributed by atoms with Gasteiger partial charge in [0.25, 0.3) is 11.6 Å². The Hall–Kier alpha value is -7.77.